The van der Waals surface area contributed by atoms with Gasteiger partial charge in [-0.15, -0.1) is 0 Å². The highest BCUT2D eigenvalue weighted by Crippen LogP contribution is 2.05. The Balaban J connectivity index is 4.64. The monoisotopic (exact) mass is 358 g/mol. The first-order valence-corrected chi connectivity index (χ1v) is 8.31. The van der Waals surface area contributed by atoms with Gasteiger partial charge in [0.1, 0.15) is 12.1 Å². The van der Waals surface area contributed by atoms with Crippen LogP contribution in [0.25, 0.3) is 0 Å². The second-order valence-corrected chi connectivity index (χ2v) is 6.82. The molecule has 0 fully saturated rings. The van der Waals surface area contributed by atoms with Gasteiger partial charge in [-0.05, 0) is 25.2 Å². The number of hydrogen-bond donors (Lipinski definition) is 5. The highest BCUT2D eigenvalue weighted by Gasteiger charge is 2.26. The molecule has 144 valence electrons. The number of amides is 3. The lowest BCUT2D eigenvalue weighted by Gasteiger charge is -2.23. The van der Waals surface area contributed by atoms with Gasteiger partial charge in [-0.1, -0.05) is 27.7 Å². The Hall–Kier alpha value is -2.16. The maximum Gasteiger partial charge on any atom is 0.326 e. The Morgan fingerprint density at radius 1 is 0.960 bits per heavy atom. The summed E-state index contributed by atoms with van der Waals surface area (Å²) in [6, 6.07) is -2.61. The van der Waals surface area contributed by atoms with E-state index in [9.17, 15) is 19.2 Å². The summed E-state index contributed by atoms with van der Waals surface area (Å²) in [5.41, 5.74) is 5.47. The van der Waals surface area contributed by atoms with Crippen LogP contribution in [-0.4, -0.2) is 53.5 Å². The SMILES string of the molecule is CC(C)CC(NC(=O)CNC(=O)C(NC(=O)C(C)N)C(C)C)C(=O)O. The molecule has 0 saturated carbocycles. The summed E-state index contributed by atoms with van der Waals surface area (Å²) in [5.74, 6) is -2.86. The minimum atomic E-state index is -1.13. The third kappa shape index (κ3) is 9.04. The predicted molar refractivity (Wildman–Crippen MR) is 92.4 cm³/mol. The molecule has 0 aromatic carbocycles. The molecule has 0 saturated heterocycles. The summed E-state index contributed by atoms with van der Waals surface area (Å²) >= 11 is 0. The average Bonchev–Trinajstić information content (AvgIpc) is 2.48. The van der Waals surface area contributed by atoms with E-state index >= 15 is 0 Å². The van der Waals surface area contributed by atoms with Crippen LogP contribution in [0.2, 0.25) is 0 Å². The summed E-state index contributed by atoms with van der Waals surface area (Å²) in [7, 11) is 0. The van der Waals surface area contributed by atoms with Crippen LogP contribution < -0.4 is 21.7 Å². The molecule has 0 aliphatic rings. The molecular weight excluding hydrogens is 328 g/mol. The zero-order valence-corrected chi connectivity index (χ0v) is 15.5. The van der Waals surface area contributed by atoms with Crippen molar-refractivity contribution >= 4 is 23.7 Å². The Bertz CT molecular complexity index is 491. The lowest BCUT2D eigenvalue weighted by atomic mass is 10.0. The van der Waals surface area contributed by atoms with Crippen LogP contribution in [0.4, 0.5) is 0 Å². The summed E-state index contributed by atoms with van der Waals surface area (Å²) in [6.07, 6.45) is 0.286. The van der Waals surface area contributed by atoms with Crippen LogP contribution in [0.15, 0.2) is 0 Å². The van der Waals surface area contributed by atoms with Crippen LogP contribution in [-0.2, 0) is 19.2 Å². The highest BCUT2D eigenvalue weighted by atomic mass is 16.4. The maximum absolute atomic E-state index is 12.2. The van der Waals surface area contributed by atoms with E-state index in [0.29, 0.717) is 0 Å². The molecule has 3 atom stereocenters. The van der Waals surface area contributed by atoms with Gasteiger partial charge in [-0.25, -0.2) is 4.79 Å². The minimum absolute atomic E-state index is 0.0924. The fourth-order valence-corrected chi connectivity index (χ4v) is 2.04. The van der Waals surface area contributed by atoms with Crippen molar-refractivity contribution < 1.29 is 24.3 Å². The molecule has 25 heavy (non-hydrogen) atoms. The van der Waals surface area contributed by atoms with Gasteiger partial charge in [-0.3, -0.25) is 14.4 Å². The lowest BCUT2D eigenvalue weighted by molar-refractivity contribution is -0.142. The summed E-state index contributed by atoms with van der Waals surface area (Å²) in [5, 5.41) is 16.4. The smallest absolute Gasteiger partial charge is 0.326 e. The first-order chi connectivity index (χ1) is 11.5. The molecule has 0 heterocycles. The van der Waals surface area contributed by atoms with Gasteiger partial charge in [0, 0.05) is 0 Å². The summed E-state index contributed by atoms with van der Waals surface area (Å²) < 4.78 is 0. The molecule has 0 bridgehead atoms. The molecule has 0 spiro atoms. The molecule has 0 radical (unpaired) electrons. The van der Waals surface area contributed by atoms with E-state index in [1.807, 2.05) is 13.8 Å². The standard InChI is InChI=1S/C16H30N4O5/c1-8(2)6-11(16(24)25)19-12(21)7-18-15(23)13(9(3)4)20-14(22)10(5)17/h8-11,13H,6-7,17H2,1-5H3,(H,18,23)(H,19,21)(H,20,22)(H,24,25). The zero-order chi connectivity index (χ0) is 19.7. The number of carboxylic acid groups (broad SMARTS) is 1. The van der Waals surface area contributed by atoms with Gasteiger partial charge >= 0.3 is 5.97 Å². The van der Waals surface area contributed by atoms with E-state index in [0.717, 1.165) is 0 Å². The van der Waals surface area contributed by atoms with Gasteiger partial charge in [0.25, 0.3) is 0 Å². The zero-order valence-electron chi connectivity index (χ0n) is 15.5. The van der Waals surface area contributed by atoms with Crippen molar-refractivity contribution in [3.63, 3.8) is 0 Å². The van der Waals surface area contributed by atoms with E-state index in [-0.39, 0.29) is 24.8 Å². The van der Waals surface area contributed by atoms with Gasteiger partial charge in [0.2, 0.25) is 17.7 Å². The number of aliphatic carboxylic acids is 1. The fourth-order valence-electron chi connectivity index (χ4n) is 2.04. The largest absolute Gasteiger partial charge is 0.480 e. The molecule has 9 heteroatoms. The normalized spacial score (nSPS) is 14.6. The van der Waals surface area contributed by atoms with E-state index in [1.165, 1.54) is 6.92 Å². The molecule has 9 nitrogen and oxygen atoms in total. The molecule has 0 rings (SSSR count). The number of rotatable bonds is 10. The van der Waals surface area contributed by atoms with Gasteiger partial charge in [0.15, 0.2) is 0 Å². The molecular formula is C16H30N4O5. The molecule has 6 N–H and O–H groups in total. The highest BCUT2D eigenvalue weighted by molar-refractivity contribution is 5.92. The number of nitrogens with one attached hydrogen (secondary N) is 3. The van der Waals surface area contributed by atoms with E-state index < -0.39 is 41.8 Å². The van der Waals surface area contributed by atoms with Crippen molar-refractivity contribution in [1.29, 1.82) is 0 Å². The molecule has 3 unspecified atom stereocenters. The third-order valence-electron chi connectivity index (χ3n) is 3.42. The fraction of sp³-hybridized carbons (Fsp3) is 0.750. The van der Waals surface area contributed by atoms with Crippen molar-refractivity contribution in [3.8, 4) is 0 Å². The van der Waals surface area contributed by atoms with Gasteiger partial charge in [-0.2, -0.15) is 0 Å². The molecule has 0 aromatic heterocycles. The first-order valence-electron chi connectivity index (χ1n) is 8.31. The van der Waals surface area contributed by atoms with E-state index in [1.54, 1.807) is 13.8 Å². The van der Waals surface area contributed by atoms with Crippen molar-refractivity contribution in [2.24, 2.45) is 17.6 Å². The first kappa shape index (κ1) is 22.8. The average molecular weight is 358 g/mol. The van der Waals surface area contributed by atoms with Crippen LogP contribution in [0.3, 0.4) is 0 Å². The Kier molecular flexibility index (Phi) is 9.73. The van der Waals surface area contributed by atoms with E-state index in [2.05, 4.69) is 16.0 Å². The van der Waals surface area contributed by atoms with Crippen molar-refractivity contribution in [2.45, 2.75) is 59.2 Å². The number of hydrogen-bond acceptors (Lipinski definition) is 5. The Morgan fingerprint density at radius 3 is 1.92 bits per heavy atom. The Labute approximate surface area is 148 Å². The second-order valence-electron chi connectivity index (χ2n) is 6.82. The number of carboxylic acids is 1. The van der Waals surface area contributed by atoms with Crippen LogP contribution in [0.1, 0.15) is 41.0 Å². The van der Waals surface area contributed by atoms with E-state index in [4.69, 9.17) is 10.8 Å². The van der Waals surface area contributed by atoms with Gasteiger partial charge < -0.3 is 26.8 Å². The topological polar surface area (TPSA) is 151 Å². The second kappa shape index (κ2) is 10.7. The van der Waals surface area contributed by atoms with Crippen LogP contribution >= 0.6 is 0 Å². The quantitative estimate of drug-likeness (QED) is 0.345. The van der Waals surface area contributed by atoms with Crippen molar-refractivity contribution in [2.75, 3.05) is 6.54 Å². The predicted octanol–water partition coefficient (Wildman–Crippen LogP) is -0.794. The maximum atomic E-state index is 12.2. The van der Waals surface area contributed by atoms with Crippen molar-refractivity contribution in [1.82, 2.24) is 16.0 Å². The number of nitrogens with two attached hydrogens (primary N) is 1. The number of carbonyl (C=O) groups is 4. The number of carbonyl (C=O) groups excluding carboxylic acids is 3. The molecule has 3 amide bonds. The molecule has 0 aliphatic heterocycles. The van der Waals surface area contributed by atoms with Crippen LogP contribution in [0.5, 0.6) is 0 Å². The van der Waals surface area contributed by atoms with Crippen molar-refractivity contribution in [3.05, 3.63) is 0 Å². The van der Waals surface area contributed by atoms with Crippen LogP contribution in [0, 0.1) is 11.8 Å². The Morgan fingerprint density at radius 2 is 1.52 bits per heavy atom. The lowest BCUT2D eigenvalue weighted by Crippen LogP contribution is -2.54. The van der Waals surface area contributed by atoms with Gasteiger partial charge in [0.05, 0.1) is 12.6 Å². The minimum Gasteiger partial charge on any atom is -0.480 e. The molecule has 0 aliphatic carbocycles. The summed E-state index contributed by atoms with van der Waals surface area (Å²) in [6.45, 7) is 8.30. The third-order valence-corrected chi connectivity index (χ3v) is 3.42. The molecule has 0 aromatic rings. The summed E-state index contributed by atoms with van der Waals surface area (Å²) in [4.78, 5) is 46.8.